The smallest absolute Gasteiger partial charge is 0.195 e. The molecular formula is C16H26N2O2S. The molecule has 118 valence electrons. The van der Waals surface area contributed by atoms with E-state index in [0.717, 1.165) is 18.4 Å². The summed E-state index contributed by atoms with van der Waals surface area (Å²) in [5, 5.41) is 0. The Kier molecular flexibility index (Phi) is 4.47. The number of nitrogens with zero attached hydrogens (tertiary/aromatic N) is 1. The zero-order valence-electron chi connectivity index (χ0n) is 13.6. The molecule has 0 saturated carbocycles. The molecule has 1 atom stereocenters. The Labute approximate surface area is 128 Å². The molecule has 0 aliphatic heterocycles. The Bertz CT molecular complexity index is 608. The molecule has 5 heteroatoms. The first-order valence-electron chi connectivity index (χ1n) is 7.50. The van der Waals surface area contributed by atoms with Crippen molar-refractivity contribution in [3.05, 3.63) is 35.4 Å². The predicted octanol–water partition coefficient (Wildman–Crippen LogP) is 2.97. The molecule has 0 aromatic heterocycles. The van der Waals surface area contributed by atoms with Gasteiger partial charge in [-0.05, 0) is 43.2 Å². The fourth-order valence-electron chi connectivity index (χ4n) is 2.88. The maximum absolute atomic E-state index is 12.4. The highest BCUT2D eigenvalue weighted by molar-refractivity contribution is 7.87. The van der Waals surface area contributed by atoms with Crippen molar-refractivity contribution in [3.8, 4) is 0 Å². The van der Waals surface area contributed by atoms with Gasteiger partial charge in [0.1, 0.15) is 0 Å². The van der Waals surface area contributed by atoms with Gasteiger partial charge in [0.25, 0.3) is 10.2 Å². The highest BCUT2D eigenvalue weighted by atomic mass is 32.2. The molecule has 0 spiro atoms. The molecule has 2 rings (SSSR count). The van der Waals surface area contributed by atoms with E-state index in [-0.39, 0.29) is 17.5 Å². The molecule has 4 nitrogen and oxygen atoms in total. The van der Waals surface area contributed by atoms with Gasteiger partial charge in [0, 0.05) is 19.1 Å². The van der Waals surface area contributed by atoms with Crippen LogP contribution in [0.1, 0.15) is 57.7 Å². The van der Waals surface area contributed by atoms with Gasteiger partial charge in [0.15, 0.2) is 0 Å². The maximum Gasteiger partial charge on any atom is 0.279 e. The lowest BCUT2D eigenvalue weighted by Crippen LogP contribution is -2.45. The van der Waals surface area contributed by atoms with Gasteiger partial charge in [-0.15, -0.1) is 0 Å². The van der Waals surface area contributed by atoms with Crippen molar-refractivity contribution in [1.29, 1.82) is 0 Å². The van der Waals surface area contributed by atoms with E-state index in [1.165, 1.54) is 9.87 Å². The van der Waals surface area contributed by atoms with E-state index in [1.807, 2.05) is 32.0 Å². The standard InChI is InChI=1S/C16H26N2O2S/c1-12(2)18(5)21(19,20)17-15-10-11-16(3,4)14-9-7-6-8-13(14)15/h6-9,12,15,17H,10-11H2,1-5H3/t15-/m1/s1. The van der Waals surface area contributed by atoms with Crippen LogP contribution in [0.5, 0.6) is 0 Å². The molecule has 0 fully saturated rings. The molecule has 21 heavy (non-hydrogen) atoms. The normalized spacial score (nSPS) is 21.6. The molecule has 0 saturated heterocycles. The maximum atomic E-state index is 12.4. The molecule has 1 aliphatic carbocycles. The summed E-state index contributed by atoms with van der Waals surface area (Å²) in [6.07, 6.45) is 1.80. The van der Waals surface area contributed by atoms with Crippen LogP contribution < -0.4 is 4.72 Å². The molecular weight excluding hydrogens is 284 g/mol. The number of hydrogen-bond acceptors (Lipinski definition) is 2. The number of rotatable bonds is 4. The van der Waals surface area contributed by atoms with Crippen molar-refractivity contribution in [3.63, 3.8) is 0 Å². The third kappa shape index (κ3) is 3.30. The minimum absolute atomic E-state index is 0.0576. The third-order valence-electron chi connectivity index (χ3n) is 4.52. The summed E-state index contributed by atoms with van der Waals surface area (Å²) in [5.74, 6) is 0. The molecule has 0 amide bonds. The zero-order chi connectivity index (χ0) is 15.8. The number of hydrogen-bond donors (Lipinski definition) is 1. The summed E-state index contributed by atoms with van der Waals surface area (Å²) >= 11 is 0. The van der Waals surface area contributed by atoms with Crippen LogP contribution in [-0.4, -0.2) is 25.8 Å². The summed E-state index contributed by atoms with van der Waals surface area (Å²) in [6, 6.07) is 7.96. The van der Waals surface area contributed by atoms with Crippen LogP contribution >= 0.6 is 0 Å². The van der Waals surface area contributed by atoms with Crippen LogP contribution in [0.15, 0.2) is 24.3 Å². The van der Waals surface area contributed by atoms with E-state index < -0.39 is 10.2 Å². The van der Waals surface area contributed by atoms with Crippen molar-refractivity contribution < 1.29 is 8.42 Å². The molecule has 0 unspecified atom stereocenters. The van der Waals surface area contributed by atoms with Gasteiger partial charge in [-0.1, -0.05) is 38.1 Å². The fourth-order valence-corrected chi connectivity index (χ4v) is 4.20. The van der Waals surface area contributed by atoms with Crippen molar-refractivity contribution in [2.75, 3.05) is 7.05 Å². The molecule has 1 N–H and O–H groups in total. The van der Waals surface area contributed by atoms with E-state index >= 15 is 0 Å². The lowest BCUT2D eigenvalue weighted by atomic mass is 9.71. The van der Waals surface area contributed by atoms with Crippen molar-refractivity contribution in [2.24, 2.45) is 0 Å². The van der Waals surface area contributed by atoms with E-state index in [2.05, 4.69) is 24.6 Å². The summed E-state index contributed by atoms with van der Waals surface area (Å²) in [6.45, 7) is 8.18. The Hall–Kier alpha value is -0.910. The van der Waals surface area contributed by atoms with Crippen LogP contribution in [-0.2, 0) is 15.6 Å². The highest BCUT2D eigenvalue weighted by Crippen LogP contribution is 2.41. The van der Waals surface area contributed by atoms with Crippen molar-refractivity contribution >= 4 is 10.2 Å². The summed E-state index contributed by atoms with van der Waals surface area (Å²) in [4.78, 5) is 0. The Balaban J connectivity index is 2.31. The van der Waals surface area contributed by atoms with E-state index in [1.54, 1.807) is 7.05 Å². The quantitative estimate of drug-likeness (QED) is 0.929. The summed E-state index contributed by atoms with van der Waals surface area (Å²) in [7, 11) is -1.84. The third-order valence-corrected chi connectivity index (χ3v) is 6.28. The second-order valence-corrected chi connectivity index (χ2v) is 8.56. The van der Waals surface area contributed by atoms with Crippen LogP contribution in [0.2, 0.25) is 0 Å². The lowest BCUT2D eigenvalue weighted by molar-refractivity contribution is 0.361. The first kappa shape index (κ1) is 16.5. The Morgan fingerprint density at radius 1 is 1.29 bits per heavy atom. The molecule has 1 aliphatic rings. The molecule has 0 radical (unpaired) electrons. The molecule has 0 bridgehead atoms. The second kappa shape index (κ2) is 5.71. The molecule has 1 aromatic rings. The van der Waals surface area contributed by atoms with Gasteiger partial charge < -0.3 is 0 Å². The number of benzene rings is 1. The molecule has 0 heterocycles. The number of nitrogens with one attached hydrogen (secondary N) is 1. The van der Waals surface area contributed by atoms with E-state index in [0.29, 0.717) is 0 Å². The SMILES string of the molecule is CC(C)N(C)S(=O)(=O)N[C@@H]1CCC(C)(C)c2ccccc21. The van der Waals surface area contributed by atoms with Gasteiger partial charge in [0.05, 0.1) is 0 Å². The monoisotopic (exact) mass is 310 g/mol. The average molecular weight is 310 g/mol. The predicted molar refractivity (Wildman–Crippen MR) is 86.4 cm³/mol. The minimum atomic E-state index is -3.46. The van der Waals surface area contributed by atoms with Crippen LogP contribution in [0.3, 0.4) is 0 Å². The Morgan fingerprint density at radius 3 is 2.52 bits per heavy atom. The topological polar surface area (TPSA) is 49.4 Å². The number of fused-ring (bicyclic) bond motifs is 1. The average Bonchev–Trinajstić information content (AvgIpc) is 2.41. The minimum Gasteiger partial charge on any atom is -0.195 e. The van der Waals surface area contributed by atoms with Crippen molar-refractivity contribution in [2.45, 2.75) is 58.0 Å². The highest BCUT2D eigenvalue weighted by Gasteiger charge is 2.35. The van der Waals surface area contributed by atoms with Gasteiger partial charge >= 0.3 is 0 Å². The van der Waals surface area contributed by atoms with Gasteiger partial charge in [-0.25, -0.2) is 0 Å². The Morgan fingerprint density at radius 2 is 1.90 bits per heavy atom. The lowest BCUT2D eigenvalue weighted by Gasteiger charge is -2.38. The molecule has 1 aromatic carbocycles. The van der Waals surface area contributed by atoms with Crippen LogP contribution in [0.25, 0.3) is 0 Å². The van der Waals surface area contributed by atoms with Gasteiger partial charge in [-0.2, -0.15) is 17.4 Å². The van der Waals surface area contributed by atoms with Gasteiger partial charge in [-0.3, -0.25) is 0 Å². The summed E-state index contributed by atoms with van der Waals surface area (Å²) in [5.41, 5.74) is 2.45. The first-order chi connectivity index (χ1) is 9.65. The van der Waals surface area contributed by atoms with E-state index in [9.17, 15) is 8.42 Å². The fraction of sp³-hybridized carbons (Fsp3) is 0.625. The van der Waals surface area contributed by atoms with Crippen molar-refractivity contribution in [1.82, 2.24) is 9.03 Å². The van der Waals surface area contributed by atoms with Gasteiger partial charge in [0.2, 0.25) is 0 Å². The largest absolute Gasteiger partial charge is 0.279 e. The van der Waals surface area contributed by atoms with Crippen LogP contribution in [0, 0.1) is 0 Å². The summed E-state index contributed by atoms with van der Waals surface area (Å²) < 4.78 is 29.1. The van der Waals surface area contributed by atoms with E-state index in [4.69, 9.17) is 0 Å². The first-order valence-corrected chi connectivity index (χ1v) is 8.94. The van der Waals surface area contributed by atoms with Crippen LogP contribution in [0.4, 0.5) is 0 Å². The zero-order valence-corrected chi connectivity index (χ0v) is 14.4. The second-order valence-electron chi connectivity index (χ2n) is 6.80.